The first kappa shape index (κ1) is 15.0. The van der Waals surface area contributed by atoms with E-state index < -0.39 is 0 Å². The average molecular weight is 309 g/mol. The number of aryl methyl sites for hydroxylation is 3. The normalized spacial score (nSPS) is 10.7. The quantitative estimate of drug-likeness (QED) is 0.781. The van der Waals surface area contributed by atoms with Crippen LogP contribution >= 0.6 is 0 Å². The van der Waals surface area contributed by atoms with Crippen LogP contribution in [0.1, 0.15) is 16.8 Å². The highest BCUT2D eigenvalue weighted by molar-refractivity contribution is 5.92. The smallest absolute Gasteiger partial charge is 0.319 e. The molecule has 0 fully saturated rings. The molecule has 0 saturated carbocycles. The summed E-state index contributed by atoms with van der Waals surface area (Å²) in [5.74, 6) is 0. The van der Waals surface area contributed by atoms with E-state index in [1.54, 1.807) is 10.9 Å². The third-order valence-corrected chi connectivity index (χ3v) is 3.82. The Morgan fingerprint density at radius 2 is 2.04 bits per heavy atom. The van der Waals surface area contributed by atoms with Crippen molar-refractivity contribution < 1.29 is 4.79 Å². The Morgan fingerprint density at radius 1 is 1.26 bits per heavy atom. The van der Waals surface area contributed by atoms with Gasteiger partial charge in [-0.15, -0.1) is 0 Å². The molecule has 3 rings (SSSR count). The summed E-state index contributed by atoms with van der Waals surface area (Å²) in [6.07, 6.45) is 1.64. The highest BCUT2D eigenvalue weighted by Gasteiger charge is 2.09. The first-order chi connectivity index (χ1) is 11.0. The lowest BCUT2D eigenvalue weighted by atomic mass is 10.1. The number of anilines is 1. The van der Waals surface area contributed by atoms with Gasteiger partial charge < -0.3 is 10.6 Å². The van der Waals surface area contributed by atoms with E-state index in [0.717, 1.165) is 27.9 Å². The molecule has 2 heterocycles. The van der Waals surface area contributed by atoms with Gasteiger partial charge in [0, 0.05) is 19.0 Å². The molecule has 2 aromatic heterocycles. The molecule has 6 heteroatoms. The summed E-state index contributed by atoms with van der Waals surface area (Å²) in [4.78, 5) is 16.4. The van der Waals surface area contributed by atoms with Crippen molar-refractivity contribution in [2.24, 2.45) is 7.05 Å². The molecule has 6 nitrogen and oxygen atoms in total. The maximum atomic E-state index is 12.1. The standard InChI is InChI=1S/C17H19N5O/c1-11-6-4-5-7-13(11)9-19-17(23)20-14-8-15-12(2)21-22(3)16(15)18-10-14/h4-8,10H,9H2,1-3H3,(H2,19,20,23). The van der Waals surface area contributed by atoms with Crippen LogP contribution in [0.3, 0.4) is 0 Å². The minimum absolute atomic E-state index is 0.254. The Bertz CT molecular complexity index is 869. The number of fused-ring (bicyclic) bond motifs is 1. The van der Waals surface area contributed by atoms with Gasteiger partial charge in [-0.25, -0.2) is 9.78 Å². The van der Waals surface area contributed by atoms with Crippen LogP contribution in [0.4, 0.5) is 10.5 Å². The molecule has 0 spiro atoms. The minimum atomic E-state index is -0.254. The SMILES string of the molecule is Cc1ccccc1CNC(=O)Nc1cnc2c(c1)c(C)nn2C. The Balaban J connectivity index is 1.68. The van der Waals surface area contributed by atoms with E-state index in [1.165, 1.54) is 0 Å². The number of amides is 2. The fraction of sp³-hybridized carbons (Fsp3) is 0.235. The highest BCUT2D eigenvalue weighted by Crippen LogP contribution is 2.19. The number of benzene rings is 1. The summed E-state index contributed by atoms with van der Waals surface area (Å²) in [5, 5.41) is 10.9. The number of nitrogens with one attached hydrogen (secondary N) is 2. The second kappa shape index (κ2) is 6.08. The van der Waals surface area contributed by atoms with Crippen molar-refractivity contribution in [1.29, 1.82) is 0 Å². The van der Waals surface area contributed by atoms with Gasteiger partial charge in [0.05, 0.1) is 17.6 Å². The minimum Gasteiger partial charge on any atom is -0.334 e. The largest absolute Gasteiger partial charge is 0.334 e. The zero-order valence-corrected chi connectivity index (χ0v) is 13.4. The summed E-state index contributed by atoms with van der Waals surface area (Å²) in [5.41, 5.74) is 4.59. The van der Waals surface area contributed by atoms with Crippen LogP contribution in [0.2, 0.25) is 0 Å². The summed E-state index contributed by atoms with van der Waals surface area (Å²) in [7, 11) is 1.85. The number of hydrogen-bond acceptors (Lipinski definition) is 3. The average Bonchev–Trinajstić information content (AvgIpc) is 2.81. The molecule has 2 amide bonds. The molecule has 0 saturated heterocycles. The first-order valence-electron chi connectivity index (χ1n) is 7.43. The number of hydrogen-bond donors (Lipinski definition) is 2. The molecule has 0 aliphatic carbocycles. The number of pyridine rings is 1. The fourth-order valence-corrected chi connectivity index (χ4v) is 2.54. The molecule has 0 aliphatic rings. The number of urea groups is 1. The molecule has 0 bridgehead atoms. The van der Waals surface area contributed by atoms with Crippen molar-refractivity contribution in [3.63, 3.8) is 0 Å². The monoisotopic (exact) mass is 309 g/mol. The van der Waals surface area contributed by atoms with Crippen molar-refractivity contribution in [1.82, 2.24) is 20.1 Å². The maximum absolute atomic E-state index is 12.1. The van der Waals surface area contributed by atoms with Gasteiger partial charge in [-0.05, 0) is 31.0 Å². The highest BCUT2D eigenvalue weighted by atomic mass is 16.2. The molecule has 0 radical (unpaired) electrons. The Hall–Kier alpha value is -2.89. The zero-order valence-electron chi connectivity index (χ0n) is 13.4. The predicted octanol–water partition coefficient (Wildman–Crippen LogP) is 2.91. The van der Waals surface area contributed by atoms with Crippen molar-refractivity contribution >= 4 is 22.8 Å². The molecule has 2 N–H and O–H groups in total. The lowest BCUT2D eigenvalue weighted by Gasteiger charge is -2.09. The third-order valence-electron chi connectivity index (χ3n) is 3.82. The van der Waals surface area contributed by atoms with Crippen LogP contribution < -0.4 is 10.6 Å². The van der Waals surface area contributed by atoms with Gasteiger partial charge in [0.1, 0.15) is 0 Å². The van der Waals surface area contributed by atoms with Gasteiger partial charge in [0.25, 0.3) is 0 Å². The molecule has 3 aromatic rings. The fourth-order valence-electron chi connectivity index (χ4n) is 2.54. The van der Waals surface area contributed by atoms with Gasteiger partial charge in [-0.2, -0.15) is 5.10 Å². The maximum Gasteiger partial charge on any atom is 0.319 e. The Labute approximate surface area is 134 Å². The molecule has 23 heavy (non-hydrogen) atoms. The van der Waals surface area contributed by atoms with Crippen LogP contribution in [-0.4, -0.2) is 20.8 Å². The van der Waals surface area contributed by atoms with Gasteiger partial charge >= 0.3 is 6.03 Å². The van der Waals surface area contributed by atoms with E-state index in [-0.39, 0.29) is 6.03 Å². The summed E-state index contributed by atoms with van der Waals surface area (Å²) in [6.45, 7) is 4.43. The second-order valence-electron chi connectivity index (χ2n) is 5.54. The van der Waals surface area contributed by atoms with E-state index in [2.05, 4.69) is 20.7 Å². The van der Waals surface area contributed by atoms with E-state index in [9.17, 15) is 4.79 Å². The lowest BCUT2D eigenvalue weighted by Crippen LogP contribution is -2.28. The van der Waals surface area contributed by atoms with Crippen LogP contribution in [0.5, 0.6) is 0 Å². The summed E-state index contributed by atoms with van der Waals surface area (Å²) in [6, 6.07) is 9.61. The van der Waals surface area contributed by atoms with Crippen molar-refractivity contribution in [3.05, 3.63) is 53.3 Å². The van der Waals surface area contributed by atoms with E-state index >= 15 is 0 Å². The zero-order chi connectivity index (χ0) is 16.4. The van der Waals surface area contributed by atoms with E-state index in [0.29, 0.717) is 12.2 Å². The van der Waals surface area contributed by atoms with Crippen LogP contribution in [0, 0.1) is 13.8 Å². The number of carbonyl (C=O) groups is 1. The van der Waals surface area contributed by atoms with E-state index in [1.807, 2.05) is 51.2 Å². The molecule has 0 unspecified atom stereocenters. The molecule has 0 atom stereocenters. The van der Waals surface area contributed by atoms with Gasteiger partial charge in [0.2, 0.25) is 0 Å². The van der Waals surface area contributed by atoms with Gasteiger partial charge in [-0.1, -0.05) is 24.3 Å². The number of carbonyl (C=O) groups excluding carboxylic acids is 1. The van der Waals surface area contributed by atoms with Crippen LogP contribution in [-0.2, 0) is 13.6 Å². The van der Waals surface area contributed by atoms with Crippen LogP contribution in [0.15, 0.2) is 36.5 Å². The van der Waals surface area contributed by atoms with Gasteiger partial charge in [-0.3, -0.25) is 4.68 Å². The van der Waals surface area contributed by atoms with Gasteiger partial charge in [0.15, 0.2) is 5.65 Å². The van der Waals surface area contributed by atoms with Crippen LogP contribution in [0.25, 0.3) is 11.0 Å². The van der Waals surface area contributed by atoms with E-state index in [4.69, 9.17) is 0 Å². The lowest BCUT2D eigenvalue weighted by molar-refractivity contribution is 0.251. The van der Waals surface area contributed by atoms with Crippen molar-refractivity contribution in [2.75, 3.05) is 5.32 Å². The number of rotatable bonds is 3. The molecular weight excluding hydrogens is 290 g/mol. The number of nitrogens with zero attached hydrogens (tertiary/aromatic N) is 3. The molecule has 118 valence electrons. The van der Waals surface area contributed by atoms with Crippen molar-refractivity contribution in [2.45, 2.75) is 20.4 Å². The second-order valence-corrected chi connectivity index (χ2v) is 5.54. The predicted molar refractivity (Wildman–Crippen MR) is 90.3 cm³/mol. The Kier molecular flexibility index (Phi) is 3.97. The molecule has 1 aromatic carbocycles. The topological polar surface area (TPSA) is 71.8 Å². The molecule has 0 aliphatic heterocycles. The first-order valence-corrected chi connectivity index (χ1v) is 7.43. The number of aromatic nitrogens is 3. The van der Waals surface area contributed by atoms with Crippen molar-refractivity contribution in [3.8, 4) is 0 Å². The summed E-state index contributed by atoms with van der Waals surface area (Å²) >= 11 is 0. The molecular formula is C17H19N5O. The Morgan fingerprint density at radius 3 is 2.83 bits per heavy atom. The third kappa shape index (κ3) is 3.15. The summed E-state index contributed by atoms with van der Waals surface area (Å²) < 4.78 is 1.73.